The Kier molecular flexibility index (Phi) is 3.53. The van der Waals surface area contributed by atoms with Crippen LogP contribution < -0.4 is 5.32 Å². The van der Waals surface area contributed by atoms with Crippen LogP contribution in [0.4, 0.5) is 0 Å². The van der Waals surface area contributed by atoms with Crippen LogP contribution in [0.5, 0.6) is 0 Å². The van der Waals surface area contributed by atoms with Crippen LogP contribution >= 0.6 is 0 Å². The van der Waals surface area contributed by atoms with Gasteiger partial charge in [0.1, 0.15) is 0 Å². The molecule has 2 unspecified atom stereocenters. The maximum absolute atomic E-state index is 3.73. The Hall–Kier alpha value is -0.860. The lowest BCUT2D eigenvalue weighted by Crippen LogP contribution is -2.51. The van der Waals surface area contributed by atoms with Gasteiger partial charge in [-0.05, 0) is 62.1 Å². The maximum atomic E-state index is 3.73. The number of nitrogens with one attached hydrogen (secondary N) is 1. The van der Waals surface area contributed by atoms with E-state index in [4.69, 9.17) is 0 Å². The fraction of sp³-hybridized carbons (Fsp3) is 0.667. The van der Waals surface area contributed by atoms with Gasteiger partial charge in [-0.1, -0.05) is 24.3 Å². The lowest BCUT2D eigenvalue weighted by atomic mass is 9.78. The van der Waals surface area contributed by atoms with Gasteiger partial charge in [0, 0.05) is 25.2 Å². The van der Waals surface area contributed by atoms with Crippen molar-refractivity contribution in [1.82, 2.24) is 10.2 Å². The molecule has 2 heteroatoms. The number of hydrogen-bond donors (Lipinski definition) is 1. The van der Waals surface area contributed by atoms with Crippen LogP contribution in [0.3, 0.4) is 0 Å². The molecule has 2 aliphatic carbocycles. The molecule has 1 aromatic carbocycles. The molecule has 1 N–H and O–H groups in total. The highest BCUT2D eigenvalue weighted by Crippen LogP contribution is 2.34. The molecule has 0 amide bonds. The summed E-state index contributed by atoms with van der Waals surface area (Å²) in [4.78, 5) is 2.78. The highest BCUT2D eigenvalue weighted by atomic mass is 15.2. The van der Waals surface area contributed by atoms with E-state index in [1.807, 2.05) is 0 Å². The van der Waals surface area contributed by atoms with Crippen molar-refractivity contribution in [2.75, 3.05) is 19.6 Å². The summed E-state index contributed by atoms with van der Waals surface area (Å²) < 4.78 is 0. The minimum Gasteiger partial charge on any atom is -0.314 e. The van der Waals surface area contributed by atoms with E-state index in [9.17, 15) is 0 Å². The Morgan fingerprint density at radius 3 is 2.20 bits per heavy atom. The first kappa shape index (κ1) is 12.8. The van der Waals surface area contributed by atoms with Gasteiger partial charge >= 0.3 is 0 Å². The molecular formula is C18H26N2. The highest BCUT2D eigenvalue weighted by Gasteiger charge is 2.36. The van der Waals surface area contributed by atoms with Crippen LogP contribution in [0.25, 0.3) is 0 Å². The first-order valence-corrected chi connectivity index (χ1v) is 8.44. The lowest BCUT2D eigenvalue weighted by Gasteiger charge is -2.44. The van der Waals surface area contributed by atoms with Gasteiger partial charge in [-0.25, -0.2) is 0 Å². The molecule has 2 atom stereocenters. The lowest BCUT2D eigenvalue weighted by molar-refractivity contribution is 0.0651. The summed E-state index contributed by atoms with van der Waals surface area (Å²) in [6.45, 7) is 3.79. The largest absolute Gasteiger partial charge is 0.314 e. The molecule has 1 heterocycles. The first-order chi connectivity index (χ1) is 9.90. The number of benzene rings is 1. The average Bonchev–Trinajstić information content (AvgIpc) is 3.26. The SMILES string of the molecule is c1ccc2c(c1)CCN(C1CCC1CNC1CC1)CC2. The molecule has 0 bridgehead atoms. The van der Waals surface area contributed by atoms with E-state index in [0.717, 1.165) is 18.0 Å². The van der Waals surface area contributed by atoms with Gasteiger partial charge in [0.25, 0.3) is 0 Å². The van der Waals surface area contributed by atoms with Crippen LogP contribution in [0.1, 0.15) is 36.8 Å². The molecule has 1 aliphatic heterocycles. The topological polar surface area (TPSA) is 15.3 Å². The molecule has 4 rings (SSSR count). The number of nitrogens with zero attached hydrogens (tertiary/aromatic N) is 1. The van der Waals surface area contributed by atoms with Crippen molar-refractivity contribution in [3.05, 3.63) is 35.4 Å². The third kappa shape index (κ3) is 2.64. The molecule has 0 radical (unpaired) electrons. The minimum atomic E-state index is 0.857. The van der Waals surface area contributed by atoms with E-state index in [-0.39, 0.29) is 0 Å². The molecule has 2 nitrogen and oxygen atoms in total. The second-order valence-electron chi connectivity index (χ2n) is 6.89. The monoisotopic (exact) mass is 270 g/mol. The van der Waals surface area contributed by atoms with Crippen LogP contribution in [-0.2, 0) is 12.8 Å². The molecule has 0 saturated heterocycles. The molecular weight excluding hydrogens is 244 g/mol. The predicted molar refractivity (Wildman–Crippen MR) is 83.0 cm³/mol. The second-order valence-corrected chi connectivity index (χ2v) is 6.89. The number of hydrogen-bond acceptors (Lipinski definition) is 2. The summed E-state index contributed by atoms with van der Waals surface area (Å²) in [5, 5.41) is 3.73. The molecule has 0 spiro atoms. The molecule has 0 aromatic heterocycles. The quantitative estimate of drug-likeness (QED) is 0.905. The third-order valence-corrected chi connectivity index (χ3v) is 5.55. The Morgan fingerprint density at radius 2 is 1.65 bits per heavy atom. The van der Waals surface area contributed by atoms with E-state index in [0.29, 0.717) is 0 Å². The van der Waals surface area contributed by atoms with E-state index in [2.05, 4.69) is 34.5 Å². The number of rotatable bonds is 4. The minimum absolute atomic E-state index is 0.857. The summed E-state index contributed by atoms with van der Waals surface area (Å²) in [5.74, 6) is 0.914. The Labute approximate surface area is 122 Å². The summed E-state index contributed by atoms with van der Waals surface area (Å²) >= 11 is 0. The summed E-state index contributed by atoms with van der Waals surface area (Å²) in [6, 6.07) is 10.8. The normalized spacial score (nSPS) is 30.4. The maximum Gasteiger partial charge on any atom is 0.0136 e. The van der Waals surface area contributed by atoms with Gasteiger partial charge in [-0.3, -0.25) is 4.90 Å². The van der Waals surface area contributed by atoms with Gasteiger partial charge in [0.2, 0.25) is 0 Å². The van der Waals surface area contributed by atoms with Crippen molar-refractivity contribution in [2.45, 2.75) is 50.6 Å². The zero-order valence-corrected chi connectivity index (χ0v) is 12.4. The zero-order valence-electron chi connectivity index (χ0n) is 12.4. The van der Waals surface area contributed by atoms with E-state index < -0.39 is 0 Å². The second kappa shape index (κ2) is 5.50. The van der Waals surface area contributed by atoms with Gasteiger partial charge in [-0.15, -0.1) is 0 Å². The summed E-state index contributed by atoms with van der Waals surface area (Å²) in [5.41, 5.74) is 3.17. The van der Waals surface area contributed by atoms with Gasteiger partial charge in [-0.2, -0.15) is 0 Å². The van der Waals surface area contributed by atoms with Gasteiger partial charge < -0.3 is 5.32 Å². The van der Waals surface area contributed by atoms with E-state index >= 15 is 0 Å². The fourth-order valence-corrected chi connectivity index (χ4v) is 3.89. The van der Waals surface area contributed by atoms with Crippen LogP contribution in [0.2, 0.25) is 0 Å². The first-order valence-electron chi connectivity index (χ1n) is 8.44. The number of fused-ring (bicyclic) bond motifs is 1. The van der Waals surface area contributed by atoms with Crippen molar-refractivity contribution >= 4 is 0 Å². The average molecular weight is 270 g/mol. The third-order valence-electron chi connectivity index (χ3n) is 5.55. The molecule has 2 fully saturated rings. The van der Waals surface area contributed by atoms with E-state index in [1.54, 1.807) is 11.1 Å². The smallest absolute Gasteiger partial charge is 0.0136 e. The van der Waals surface area contributed by atoms with Crippen molar-refractivity contribution in [3.8, 4) is 0 Å². The molecule has 20 heavy (non-hydrogen) atoms. The molecule has 2 saturated carbocycles. The summed E-state index contributed by atoms with van der Waals surface area (Å²) in [6.07, 6.45) is 8.18. The van der Waals surface area contributed by atoms with Crippen LogP contribution in [-0.4, -0.2) is 36.6 Å². The van der Waals surface area contributed by atoms with Crippen LogP contribution in [0, 0.1) is 5.92 Å². The van der Waals surface area contributed by atoms with Crippen LogP contribution in [0.15, 0.2) is 24.3 Å². The van der Waals surface area contributed by atoms with Gasteiger partial charge in [0.15, 0.2) is 0 Å². The Morgan fingerprint density at radius 1 is 0.950 bits per heavy atom. The van der Waals surface area contributed by atoms with Gasteiger partial charge in [0.05, 0.1) is 0 Å². The van der Waals surface area contributed by atoms with Crippen molar-refractivity contribution < 1.29 is 0 Å². The Bertz CT molecular complexity index is 439. The fourth-order valence-electron chi connectivity index (χ4n) is 3.89. The van der Waals surface area contributed by atoms with Crippen molar-refractivity contribution in [1.29, 1.82) is 0 Å². The molecule has 3 aliphatic rings. The van der Waals surface area contributed by atoms with E-state index in [1.165, 1.54) is 58.2 Å². The molecule has 108 valence electrons. The van der Waals surface area contributed by atoms with Crippen molar-refractivity contribution in [2.24, 2.45) is 5.92 Å². The highest BCUT2D eigenvalue weighted by molar-refractivity contribution is 5.28. The summed E-state index contributed by atoms with van der Waals surface area (Å²) in [7, 11) is 0. The zero-order chi connectivity index (χ0) is 13.4. The molecule has 1 aromatic rings. The predicted octanol–water partition coefficient (Wildman–Crippen LogP) is 2.62. The Balaban J connectivity index is 1.35. The van der Waals surface area contributed by atoms with Crippen molar-refractivity contribution in [3.63, 3.8) is 0 Å². The standard InChI is InChI=1S/C18H26N2/c1-2-4-15-10-12-20(11-9-14(15)3-1)18-8-5-16(18)13-19-17-6-7-17/h1-4,16-19H,5-13H2.